The standard InChI is InChI=1S/C33H41F3N2O7/c1-20-23-15-16-38(30(41)26(18-29(39)40)37(5)31(42)45-32(2,3)4)25(23)13-14-27(20)43-19-21-11-12-24(22-9-7-6-8-10-22)28(17-21)44-33(34,35)36/h11-14,17,22,26H,6-10,15-16,18-19H2,1-5H3,(H,39,40)/t26-/m1/s1. The van der Waals surface area contributed by atoms with Gasteiger partial charge in [0.15, 0.2) is 0 Å². The smallest absolute Gasteiger partial charge is 0.489 e. The third kappa shape index (κ3) is 8.61. The molecule has 2 aromatic carbocycles. The number of carbonyl (C=O) groups is 3. The molecule has 2 amide bonds. The minimum Gasteiger partial charge on any atom is -0.489 e. The van der Waals surface area contributed by atoms with Crippen LogP contribution in [0.3, 0.4) is 0 Å². The van der Waals surface area contributed by atoms with Crippen molar-refractivity contribution in [3.8, 4) is 11.5 Å². The van der Waals surface area contributed by atoms with E-state index in [-0.39, 0.29) is 24.8 Å². The van der Waals surface area contributed by atoms with Crippen molar-refractivity contribution in [1.82, 2.24) is 4.90 Å². The Bertz CT molecular complexity index is 1410. The van der Waals surface area contributed by atoms with Crippen LogP contribution in [0.4, 0.5) is 23.7 Å². The number of hydrogen-bond donors (Lipinski definition) is 1. The van der Waals surface area contributed by atoms with Gasteiger partial charge in [-0.1, -0.05) is 31.4 Å². The predicted octanol–water partition coefficient (Wildman–Crippen LogP) is 7.12. The van der Waals surface area contributed by atoms with Crippen molar-refractivity contribution in [2.75, 3.05) is 18.5 Å². The number of rotatable bonds is 9. The van der Waals surface area contributed by atoms with Crippen LogP contribution >= 0.6 is 0 Å². The first-order chi connectivity index (χ1) is 21.0. The molecule has 2 aromatic rings. The molecule has 9 nitrogen and oxygen atoms in total. The average molecular weight is 635 g/mol. The van der Waals surface area contributed by atoms with Gasteiger partial charge in [-0.3, -0.25) is 14.5 Å². The second-order valence-corrected chi connectivity index (χ2v) is 12.7. The molecule has 0 saturated heterocycles. The van der Waals surface area contributed by atoms with Gasteiger partial charge in [0.05, 0.1) is 6.42 Å². The number of likely N-dealkylation sites (N-methyl/N-ethyl adjacent to an activating group) is 1. The first kappa shape index (κ1) is 33.9. The molecule has 12 heteroatoms. The molecule has 0 spiro atoms. The van der Waals surface area contributed by atoms with Gasteiger partial charge in [0, 0.05) is 19.3 Å². The van der Waals surface area contributed by atoms with Crippen molar-refractivity contribution in [3.05, 3.63) is 52.6 Å². The Morgan fingerprint density at radius 1 is 1.04 bits per heavy atom. The van der Waals surface area contributed by atoms with Crippen LogP contribution < -0.4 is 14.4 Å². The number of benzene rings is 2. The van der Waals surface area contributed by atoms with Crippen LogP contribution in [0.25, 0.3) is 0 Å². The van der Waals surface area contributed by atoms with E-state index in [9.17, 15) is 32.7 Å². The van der Waals surface area contributed by atoms with Gasteiger partial charge in [0.25, 0.3) is 5.91 Å². The fourth-order valence-electron chi connectivity index (χ4n) is 6.01. The van der Waals surface area contributed by atoms with Gasteiger partial charge in [-0.05, 0) is 93.3 Å². The largest absolute Gasteiger partial charge is 0.573 e. The highest BCUT2D eigenvalue weighted by molar-refractivity contribution is 6.02. The maximum Gasteiger partial charge on any atom is 0.573 e. The molecule has 246 valence electrons. The molecule has 0 unspecified atom stereocenters. The Hall–Kier alpha value is -3.96. The van der Waals surface area contributed by atoms with E-state index in [1.54, 1.807) is 45.0 Å². The number of nitrogens with zero attached hydrogens (tertiary/aromatic N) is 2. The molecular formula is C33H41F3N2O7. The van der Waals surface area contributed by atoms with E-state index in [0.717, 1.165) is 48.1 Å². The molecule has 1 fully saturated rings. The highest BCUT2D eigenvalue weighted by Gasteiger charge is 2.38. The van der Waals surface area contributed by atoms with Crippen LogP contribution in [0.1, 0.15) is 87.5 Å². The highest BCUT2D eigenvalue weighted by Crippen LogP contribution is 2.40. The zero-order valence-corrected chi connectivity index (χ0v) is 26.3. The Morgan fingerprint density at radius 2 is 1.73 bits per heavy atom. The van der Waals surface area contributed by atoms with Gasteiger partial charge in [-0.15, -0.1) is 13.2 Å². The average Bonchev–Trinajstić information content (AvgIpc) is 3.38. The number of halogens is 3. The lowest BCUT2D eigenvalue weighted by molar-refractivity contribution is -0.275. The molecule has 0 bridgehead atoms. The second-order valence-electron chi connectivity index (χ2n) is 12.7. The molecule has 1 N–H and O–H groups in total. The zero-order valence-electron chi connectivity index (χ0n) is 26.3. The lowest BCUT2D eigenvalue weighted by Crippen LogP contribution is -2.51. The maximum atomic E-state index is 13.6. The van der Waals surface area contributed by atoms with Crippen LogP contribution in [-0.4, -0.2) is 59.6 Å². The number of alkyl halides is 3. The van der Waals surface area contributed by atoms with Gasteiger partial charge >= 0.3 is 18.4 Å². The number of carbonyl (C=O) groups excluding carboxylic acids is 2. The number of aliphatic carboxylic acids is 1. The maximum absolute atomic E-state index is 13.6. The molecule has 1 aliphatic heterocycles. The van der Waals surface area contributed by atoms with Crippen LogP contribution in [-0.2, 0) is 27.4 Å². The van der Waals surface area contributed by atoms with E-state index in [4.69, 9.17) is 9.47 Å². The SMILES string of the molecule is Cc1c(OCc2ccc(C3CCCCC3)c(OC(F)(F)F)c2)ccc2c1CCN2C(=O)[C@@H](CC(=O)O)N(C)C(=O)OC(C)(C)C. The van der Waals surface area contributed by atoms with Gasteiger partial charge in [-0.2, -0.15) is 0 Å². The summed E-state index contributed by atoms with van der Waals surface area (Å²) >= 11 is 0. The predicted molar refractivity (Wildman–Crippen MR) is 161 cm³/mol. The Morgan fingerprint density at radius 3 is 2.36 bits per heavy atom. The minimum atomic E-state index is -4.81. The normalized spacial score (nSPS) is 16.1. The summed E-state index contributed by atoms with van der Waals surface area (Å²) in [5, 5.41) is 9.49. The van der Waals surface area contributed by atoms with E-state index in [1.807, 2.05) is 6.92 Å². The number of carboxylic acids is 1. The first-order valence-corrected chi connectivity index (χ1v) is 15.2. The number of anilines is 1. The highest BCUT2D eigenvalue weighted by atomic mass is 19.4. The first-order valence-electron chi connectivity index (χ1n) is 15.2. The number of fused-ring (bicyclic) bond motifs is 1. The van der Waals surface area contributed by atoms with Gasteiger partial charge < -0.3 is 24.2 Å². The van der Waals surface area contributed by atoms with Gasteiger partial charge in [0.2, 0.25) is 0 Å². The molecule has 0 aromatic heterocycles. The van der Waals surface area contributed by atoms with Crippen LogP contribution in [0.15, 0.2) is 30.3 Å². The topological polar surface area (TPSA) is 106 Å². The zero-order chi connectivity index (χ0) is 33.1. The molecule has 1 atom stereocenters. The van der Waals surface area contributed by atoms with Crippen molar-refractivity contribution >= 4 is 23.7 Å². The number of amides is 2. The fraction of sp³-hybridized carbons (Fsp3) is 0.545. The molecule has 4 rings (SSSR count). The summed E-state index contributed by atoms with van der Waals surface area (Å²) in [6.07, 6.45) is -1.07. The number of carboxylic acid groups (broad SMARTS) is 1. The lowest BCUT2D eigenvalue weighted by atomic mass is 9.83. The van der Waals surface area contributed by atoms with Crippen LogP contribution in [0.2, 0.25) is 0 Å². The van der Waals surface area contributed by atoms with Crippen molar-refractivity contribution in [3.63, 3.8) is 0 Å². The van der Waals surface area contributed by atoms with Crippen LogP contribution in [0, 0.1) is 6.92 Å². The van der Waals surface area contributed by atoms with E-state index in [2.05, 4.69) is 4.74 Å². The fourth-order valence-corrected chi connectivity index (χ4v) is 6.01. The molecule has 0 radical (unpaired) electrons. The van der Waals surface area contributed by atoms with E-state index in [1.165, 1.54) is 18.0 Å². The Balaban J connectivity index is 1.51. The quantitative estimate of drug-likeness (QED) is 0.313. The Kier molecular flexibility index (Phi) is 10.2. The van der Waals surface area contributed by atoms with E-state index < -0.39 is 42.4 Å². The summed E-state index contributed by atoms with van der Waals surface area (Å²) in [7, 11) is 1.34. The summed E-state index contributed by atoms with van der Waals surface area (Å²) in [5.74, 6) is -1.45. The number of ether oxygens (including phenoxy) is 3. The summed E-state index contributed by atoms with van der Waals surface area (Å²) in [5.41, 5.74) is 2.41. The summed E-state index contributed by atoms with van der Waals surface area (Å²) in [4.78, 5) is 40.4. The van der Waals surface area contributed by atoms with Crippen molar-refractivity contribution in [2.45, 2.75) is 103 Å². The summed E-state index contributed by atoms with van der Waals surface area (Å²) in [6, 6.07) is 6.94. The number of hydrogen-bond acceptors (Lipinski definition) is 6. The molecular weight excluding hydrogens is 593 g/mol. The Labute approximate surface area is 261 Å². The van der Waals surface area contributed by atoms with Crippen molar-refractivity contribution in [2.24, 2.45) is 0 Å². The second kappa shape index (κ2) is 13.6. The van der Waals surface area contributed by atoms with Crippen molar-refractivity contribution in [1.29, 1.82) is 0 Å². The van der Waals surface area contributed by atoms with Gasteiger partial charge in [0.1, 0.15) is 29.7 Å². The van der Waals surface area contributed by atoms with Crippen LogP contribution in [0.5, 0.6) is 11.5 Å². The minimum absolute atomic E-state index is 0.00278. The molecule has 1 saturated carbocycles. The molecule has 1 aliphatic carbocycles. The molecule has 1 heterocycles. The van der Waals surface area contributed by atoms with Crippen molar-refractivity contribution < 1.29 is 46.9 Å². The van der Waals surface area contributed by atoms with E-state index >= 15 is 0 Å². The van der Waals surface area contributed by atoms with E-state index in [0.29, 0.717) is 29.0 Å². The molecule has 2 aliphatic rings. The van der Waals surface area contributed by atoms with Gasteiger partial charge in [-0.25, -0.2) is 4.79 Å². The summed E-state index contributed by atoms with van der Waals surface area (Å²) in [6.45, 7) is 7.13. The summed E-state index contributed by atoms with van der Waals surface area (Å²) < 4.78 is 55.6. The lowest BCUT2D eigenvalue weighted by Gasteiger charge is -2.31. The third-order valence-electron chi connectivity index (χ3n) is 8.21. The molecule has 45 heavy (non-hydrogen) atoms. The monoisotopic (exact) mass is 634 g/mol. The third-order valence-corrected chi connectivity index (χ3v) is 8.21.